The molecule has 0 aliphatic heterocycles. The Morgan fingerprint density at radius 3 is 2.22 bits per heavy atom. The number of pyridine rings is 1. The first-order chi connectivity index (χ1) is 8.16. The van der Waals surface area contributed by atoms with Gasteiger partial charge in [0.15, 0.2) is 0 Å². The molecule has 0 radical (unpaired) electrons. The standard InChI is InChI=1S/C8H7N3O2.C5H12/c1-4-2-5-6(9-3-4)10-8(13)11-7(5)12;1-5(2,3)4/h2-3H,1H3,(H2,9,10,11,12,13);1-4H3. The average molecular weight is 249 g/mol. The Kier molecular flexibility index (Phi) is 4.06. The maximum atomic E-state index is 11.2. The monoisotopic (exact) mass is 249 g/mol. The first-order valence-corrected chi connectivity index (χ1v) is 5.76. The summed E-state index contributed by atoms with van der Waals surface area (Å²) in [4.78, 5) is 30.6. The quantitative estimate of drug-likeness (QED) is 0.749. The van der Waals surface area contributed by atoms with Gasteiger partial charge in [0.25, 0.3) is 5.56 Å². The second-order valence-corrected chi connectivity index (χ2v) is 5.82. The number of aromatic amines is 2. The lowest BCUT2D eigenvalue weighted by Crippen LogP contribution is -2.22. The Morgan fingerprint density at radius 1 is 1.11 bits per heavy atom. The van der Waals surface area contributed by atoms with Gasteiger partial charge in [-0.1, -0.05) is 27.7 Å². The molecule has 0 fully saturated rings. The zero-order valence-electron chi connectivity index (χ0n) is 11.4. The lowest BCUT2D eigenvalue weighted by atomic mass is 10.0. The predicted molar refractivity (Wildman–Crippen MR) is 72.9 cm³/mol. The van der Waals surface area contributed by atoms with Crippen molar-refractivity contribution in [1.29, 1.82) is 0 Å². The zero-order valence-corrected chi connectivity index (χ0v) is 11.4. The molecule has 5 nitrogen and oxygen atoms in total. The van der Waals surface area contributed by atoms with Crippen LogP contribution in [0.3, 0.4) is 0 Å². The summed E-state index contributed by atoms with van der Waals surface area (Å²) in [5.41, 5.74) is 0.758. The first-order valence-electron chi connectivity index (χ1n) is 5.76. The molecule has 0 aromatic carbocycles. The molecule has 2 aromatic rings. The van der Waals surface area contributed by atoms with Crippen LogP contribution in [-0.4, -0.2) is 15.0 Å². The molecule has 0 spiro atoms. The number of rotatable bonds is 0. The molecule has 0 saturated heterocycles. The number of H-pyrrole nitrogens is 2. The fourth-order valence-corrected chi connectivity index (χ4v) is 1.15. The van der Waals surface area contributed by atoms with Gasteiger partial charge >= 0.3 is 5.69 Å². The van der Waals surface area contributed by atoms with E-state index in [0.29, 0.717) is 16.4 Å². The van der Waals surface area contributed by atoms with E-state index in [9.17, 15) is 9.59 Å². The van der Waals surface area contributed by atoms with Crippen LogP contribution in [0.25, 0.3) is 11.0 Å². The summed E-state index contributed by atoms with van der Waals surface area (Å²) in [6.45, 7) is 10.6. The third-order valence-corrected chi connectivity index (χ3v) is 1.73. The van der Waals surface area contributed by atoms with E-state index in [0.717, 1.165) is 5.56 Å². The van der Waals surface area contributed by atoms with Crippen LogP contribution in [0.5, 0.6) is 0 Å². The molecule has 2 N–H and O–H groups in total. The Hall–Kier alpha value is -1.91. The summed E-state index contributed by atoms with van der Waals surface area (Å²) in [5.74, 6) is 0. The van der Waals surface area contributed by atoms with E-state index in [1.165, 1.54) is 0 Å². The molecule has 0 aliphatic carbocycles. The van der Waals surface area contributed by atoms with Crippen LogP contribution >= 0.6 is 0 Å². The highest BCUT2D eigenvalue weighted by Gasteiger charge is 2.00. The number of aryl methyl sites for hydroxylation is 1. The second-order valence-electron chi connectivity index (χ2n) is 5.82. The van der Waals surface area contributed by atoms with Gasteiger partial charge in [-0.25, -0.2) is 9.78 Å². The molecule has 0 unspecified atom stereocenters. The molecule has 0 aliphatic rings. The lowest BCUT2D eigenvalue weighted by Gasteiger charge is -2.05. The number of fused-ring (bicyclic) bond motifs is 1. The molecule has 0 bridgehead atoms. The fourth-order valence-electron chi connectivity index (χ4n) is 1.15. The molecule has 0 atom stereocenters. The van der Waals surface area contributed by atoms with Gasteiger partial charge in [0, 0.05) is 6.20 Å². The minimum atomic E-state index is -0.533. The summed E-state index contributed by atoms with van der Waals surface area (Å²) >= 11 is 0. The highest BCUT2D eigenvalue weighted by atomic mass is 16.2. The third-order valence-electron chi connectivity index (χ3n) is 1.73. The van der Waals surface area contributed by atoms with Crippen molar-refractivity contribution in [2.45, 2.75) is 34.6 Å². The molecule has 18 heavy (non-hydrogen) atoms. The highest BCUT2D eigenvalue weighted by molar-refractivity contribution is 5.73. The van der Waals surface area contributed by atoms with Crippen molar-refractivity contribution in [3.8, 4) is 0 Å². The molecule has 2 heterocycles. The Labute approximate surface area is 105 Å². The fraction of sp³-hybridized carbons (Fsp3) is 0.462. The zero-order chi connectivity index (χ0) is 13.9. The summed E-state index contributed by atoms with van der Waals surface area (Å²) in [6, 6.07) is 1.68. The maximum absolute atomic E-state index is 11.2. The van der Waals surface area contributed by atoms with E-state index in [1.54, 1.807) is 12.3 Å². The molecule has 98 valence electrons. The normalized spacial score (nSPS) is 10.9. The number of nitrogens with one attached hydrogen (secondary N) is 2. The topological polar surface area (TPSA) is 78.6 Å². The van der Waals surface area contributed by atoms with Crippen molar-refractivity contribution in [2.24, 2.45) is 5.41 Å². The van der Waals surface area contributed by atoms with Gasteiger partial charge < -0.3 is 0 Å². The van der Waals surface area contributed by atoms with Gasteiger partial charge in [0.1, 0.15) is 5.65 Å². The van der Waals surface area contributed by atoms with Crippen LogP contribution in [0.4, 0.5) is 0 Å². The maximum Gasteiger partial charge on any atom is 0.327 e. The third kappa shape index (κ3) is 4.53. The summed E-state index contributed by atoms with van der Waals surface area (Å²) in [6.07, 6.45) is 1.59. The highest BCUT2D eigenvalue weighted by Crippen LogP contribution is 2.08. The van der Waals surface area contributed by atoms with E-state index < -0.39 is 11.2 Å². The van der Waals surface area contributed by atoms with E-state index in [4.69, 9.17) is 0 Å². The predicted octanol–water partition coefficient (Wildman–Crippen LogP) is 1.97. The van der Waals surface area contributed by atoms with Crippen LogP contribution < -0.4 is 11.2 Å². The number of hydrogen-bond acceptors (Lipinski definition) is 3. The van der Waals surface area contributed by atoms with Gasteiger partial charge in [0.05, 0.1) is 5.39 Å². The minimum absolute atomic E-state index is 0.319. The van der Waals surface area contributed by atoms with Crippen molar-refractivity contribution >= 4 is 11.0 Å². The van der Waals surface area contributed by atoms with Crippen LogP contribution in [0, 0.1) is 12.3 Å². The van der Waals surface area contributed by atoms with E-state index in [-0.39, 0.29) is 0 Å². The van der Waals surface area contributed by atoms with Gasteiger partial charge in [0.2, 0.25) is 0 Å². The minimum Gasteiger partial charge on any atom is -0.291 e. The average Bonchev–Trinajstić information content (AvgIpc) is 2.16. The lowest BCUT2D eigenvalue weighted by molar-refractivity contribution is 0.469. The number of hydrogen-bond donors (Lipinski definition) is 2. The Bertz CT molecular complexity index is 642. The van der Waals surface area contributed by atoms with E-state index in [2.05, 4.69) is 42.6 Å². The van der Waals surface area contributed by atoms with Crippen molar-refractivity contribution in [2.75, 3.05) is 0 Å². The SMILES string of the molecule is CC(C)(C)C.Cc1cnc2[nH]c(=O)[nH]c(=O)c2c1. The van der Waals surface area contributed by atoms with Gasteiger partial charge in [-0.05, 0) is 24.0 Å². The smallest absolute Gasteiger partial charge is 0.291 e. The summed E-state index contributed by atoms with van der Waals surface area (Å²) in [5, 5.41) is 0.402. The van der Waals surface area contributed by atoms with Crippen LogP contribution in [0.2, 0.25) is 0 Å². The molecule has 2 rings (SSSR count). The molecular weight excluding hydrogens is 230 g/mol. The van der Waals surface area contributed by atoms with Crippen LogP contribution in [0.15, 0.2) is 21.9 Å². The van der Waals surface area contributed by atoms with Crippen LogP contribution in [0.1, 0.15) is 33.3 Å². The van der Waals surface area contributed by atoms with Crippen LogP contribution in [-0.2, 0) is 0 Å². The summed E-state index contributed by atoms with van der Waals surface area (Å²) < 4.78 is 0. The Balaban J connectivity index is 0.000000280. The van der Waals surface area contributed by atoms with Crippen molar-refractivity contribution < 1.29 is 0 Å². The molecule has 5 heteroatoms. The van der Waals surface area contributed by atoms with Gasteiger partial charge in [-0.15, -0.1) is 0 Å². The van der Waals surface area contributed by atoms with Gasteiger partial charge in [-0.2, -0.15) is 0 Å². The Morgan fingerprint density at radius 2 is 1.67 bits per heavy atom. The van der Waals surface area contributed by atoms with E-state index >= 15 is 0 Å². The first kappa shape index (κ1) is 14.2. The largest absolute Gasteiger partial charge is 0.327 e. The molecule has 0 amide bonds. The van der Waals surface area contributed by atoms with Crippen molar-refractivity contribution in [3.63, 3.8) is 0 Å². The molecule has 2 aromatic heterocycles. The van der Waals surface area contributed by atoms with Crippen molar-refractivity contribution in [1.82, 2.24) is 15.0 Å². The van der Waals surface area contributed by atoms with Crippen molar-refractivity contribution in [3.05, 3.63) is 38.7 Å². The van der Waals surface area contributed by atoms with Gasteiger partial charge in [-0.3, -0.25) is 14.8 Å². The number of aromatic nitrogens is 3. The summed E-state index contributed by atoms with van der Waals surface area (Å²) in [7, 11) is 0. The molecular formula is C13H19N3O2. The molecule has 0 saturated carbocycles. The second kappa shape index (κ2) is 5.16. The number of nitrogens with zero attached hydrogens (tertiary/aromatic N) is 1. The van der Waals surface area contributed by atoms with E-state index in [1.807, 2.05) is 6.92 Å².